The number of benzene rings is 10. The lowest BCUT2D eigenvalue weighted by molar-refractivity contribution is -0.570. The van der Waals surface area contributed by atoms with Crippen molar-refractivity contribution in [2.45, 2.75) is 78.6 Å². The van der Waals surface area contributed by atoms with E-state index in [1.165, 1.54) is 60.6 Å². The van der Waals surface area contributed by atoms with E-state index in [1.807, 2.05) is 12.3 Å². The molecule has 14 aromatic rings. The Labute approximate surface area is 491 Å². The normalized spacial score (nSPS) is 12.6. The molecule has 5 heterocycles. The summed E-state index contributed by atoms with van der Waals surface area (Å²) < 4.78 is 16.3. The molecule has 1 aliphatic heterocycles. The quantitative estimate of drug-likeness (QED) is 0.123. The third-order valence-electron chi connectivity index (χ3n) is 17.4. The van der Waals surface area contributed by atoms with Crippen LogP contribution in [0.25, 0.3) is 122 Å². The number of hydrogen-bond acceptors (Lipinski definition) is 2. The summed E-state index contributed by atoms with van der Waals surface area (Å²) in [6.07, 6.45) is 6.01. The fraction of sp³-hybridized carbons (Fsp3) is 0.154. The van der Waals surface area contributed by atoms with Crippen LogP contribution in [0.3, 0.4) is 0 Å². The molecule has 0 saturated carbocycles. The fourth-order valence-corrected chi connectivity index (χ4v) is 13.0. The van der Waals surface area contributed by atoms with Gasteiger partial charge in [0.15, 0.2) is 0 Å². The van der Waals surface area contributed by atoms with Gasteiger partial charge in [-0.25, -0.2) is 4.98 Å². The van der Waals surface area contributed by atoms with Gasteiger partial charge >= 0.3 is 0 Å². The minimum Gasteiger partial charge on any atom is -0.458 e. The molecule has 0 amide bonds. The van der Waals surface area contributed by atoms with Crippen LogP contribution in [0, 0.1) is 6.33 Å². The van der Waals surface area contributed by atoms with E-state index in [-0.39, 0.29) is 16.2 Å². The molecular weight excluding hydrogens is 1020 g/mol. The summed E-state index contributed by atoms with van der Waals surface area (Å²) in [6.45, 7) is 20.7. The van der Waals surface area contributed by atoms with Gasteiger partial charge in [-0.1, -0.05) is 208 Å². The van der Waals surface area contributed by atoms with E-state index in [2.05, 4.69) is 305 Å². The van der Waals surface area contributed by atoms with Crippen LogP contribution in [-0.2, 0) is 16.2 Å². The van der Waals surface area contributed by atoms with Gasteiger partial charge in [-0.3, -0.25) is 13.7 Å². The Morgan fingerprint density at radius 1 is 0.369 bits per heavy atom. The van der Waals surface area contributed by atoms with Crippen LogP contribution in [0.15, 0.2) is 231 Å². The average molecular weight is 1090 g/mol. The first-order chi connectivity index (χ1) is 40.5. The zero-order valence-corrected chi connectivity index (χ0v) is 49.1. The number of para-hydroxylation sites is 5. The summed E-state index contributed by atoms with van der Waals surface area (Å²) in [7, 11) is 0. The first-order valence-corrected chi connectivity index (χ1v) is 29.3. The molecule has 0 radical (unpaired) electrons. The maximum absolute atomic E-state index is 6.97. The molecule has 10 aromatic carbocycles. The van der Waals surface area contributed by atoms with Gasteiger partial charge in [0.25, 0.3) is 6.33 Å². The smallest absolute Gasteiger partial charge is 0.269 e. The van der Waals surface area contributed by atoms with E-state index in [1.54, 1.807) is 0 Å². The van der Waals surface area contributed by atoms with E-state index in [4.69, 9.17) is 9.72 Å². The standard InChI is InChI=1S/C78H65N5O/c1-76(2,3)50-39-40-79-73(44-50)83-70-33-17-14-27-63(70)64-38-36-56(47-72(64)83)84-55-22-18-21-53(45-55)80-48-81-74-57(49-41-51(77(4,5)6)43-52(42-49)78(7,8)9)28-19-29-66(74)67-46-54(82-68-31-15-12-25-61(68)62-26-13-16-32-69(62)82)35-37-60(67)58-23-10-11-24-59(58)65-30-20-34-71(80)75(65)81/h10-47H,1-9H3. The molecular formula is C78H65N5O. The van der Waals surface area contributed by atoms with Crippen LogP contribution in [0.1, 0.15) is 79.0 Å². The molecule has 15 rings (SSSR count). The summed E-state index contributed by atoms with van der Waals surface area (Å²) in [4.78, 5) is 4.95. The summed E-state index contributed by atoms with van der Waals surface area (Å²) in [6, 6.07) is 82.3. The zero-order valence-electron chi connectivity index (χ0n) is 49.1. The van der Waals surface area contributed by atoms with E-state index < -0.39 is 0 Å². The molecule has 0 N–H and O–H groups in total. The van der Waals surface area contributed by atoms with E-state index >= 15 is 0 Å². The molecule has 408 valence electrons. The van der Waals surface area contributed by atoms with Gasteiger partial charge < -0.3 is 9.30 Å². The molecule has 0 fully saturated rings. The molecule has 0 saturated heterocycles. The second kappa shape index (κ2) is 18.9. The number of aromatic nitrogens is 5. The Morgan fingerprint density at radius 2 is 0.905 bits per heavy atom. The molecule has 6 nitrogen and oxygen atoms in total. The van der Waals surface area contributed by atoms with Gasteiger partial charge in [-0.15, -0.1) is 0 Å². The van der Waals surface area contributed by atoms with E-state index in [9.17, 15) is 0 Å². The molecule has 0 aliphatic carbocycles. The molecule has 1 aliphatic rings. The first kappa shape index (κ1) is 51.1. The van der Waals surface area contributed by atoms with Crippen molar-refractivity contribution in [2.75, 3.05) is 0 Å². The number of pyridine rings is 1. The molecule has 0 spiro atoms. The van der Waals surface area contributed by atoms with Crippen LogP contribution in [0.4, 0.5) is 0 Å². The lowest BCUT2D eigenvalue weighted by Gasteiger charge is -2.27. The highest BCUT2D eigenvalue weighted by Crippen LogP contribution is 2.48. The van der Waals surface area contributed by atoms with E-state index in [0.29, 0.717) is 5.75 Å². The van der Waals surface area contributed by atoms with Gasteiger partial charge in [0.05, 0.1) is 44.5 Å². The van der Waals surface area contributed by atoms with Crippen LogP contribution in [-0.4, -0.2) is 18.7 Å². The van der Waals surface area contributed by atoms with Gasteiger partial charge in [-0.05, 0) is 150 Å². The monoisotopic (exact) mass is 1090 g/mol. The van der Waals surface area contributed by atoms with Crippen LogP contribution < -0.4 is 9.30 Å². The molecule has 0 unspecified atom stereocenters. The second-order valence-corrected chi connectivity index (χ2v) is 25.9. The maximum Gasteiger partial charge on any atom is 0.269 e. The Kier molecular flexibility index (Phi) is 11.5. The molecule has 6 heteroatoms. The van der Waals surface area contributed by atoms with Crippen LogP contribution in [0.5, 0.6) is 11.5 Å². The minimum absolute atomic E-state index is 0.0381. The molecule has 0 bridgehead atoms. The number of hydrogen-bond donors (Lipinski definition) is 0. The third-order valence-corrected chi connectivity index (χ3v) is 17.4. The van der Waals surface area contributed by atoms with Crippen molar-refractivity contribution in [3.8, 4) is 78.9 Å². The number of fused-ring (bicyclic) bond motifs is 13. The predicted octanol–water partition coefficient (Wildman–Crippen LogP) is 20.0. The summed E-state index contributed by atoms with van der Waals surface area (Å²) in [5.74, 6) is 2.33. The first-order valence-electron chi connectivity index (χ1n) is 29.3. The maximum atomic E-state index is 6.97. The van der Waals surface area contributed by atoms with Crippen LogP contribution in [0.2, 0.25) is 0 Å². The summed E-state index contributed by atoms with van der Waals surface area (Å²) in [5, 5.41) is 4.78. The highest BCUT2D eigenvalue weighted by atomic mass is 16.5. The SMILES string of the molecule is CC(C)(C)c1cc(-c2cccc3c2-[n+]2[c-]n(-c4cccc(Oc5ccc6c7ccccc7n(-c7cc(C(C)(C)C)ccn7)c6c5)c4)c4cccc(c42)-c2ccccc2-c2ccc(-n4c5ccccc5c5ccccc54)cc2-3)cc(C(C)(C)C)c1. The minimum atomic E-state index is -0.100. The third kappa shape index (κ3) is 8.29. The zero-order chi connectivity index (χ0) is 57.4. The lowest BCUT2D eigenvalue weighted by atomic mass is 9.78. The largest absolute Gasteiger partial charge is 0.458 e. The highest BCUT2D eigenvalue weighted by molar-refractivity contribution is 6.11. The van der Waals surface area contributed by atoms with Crippen molar-refractivity contribution in [1.82, 2.24) is 18.7 Å². The Morgan fingerprint density at radius 3 is 1.58 bits per heavy atom. The summed E-state index contributed by atoms with van der Waals surface area (Å²) in [5.41, 5.74) is 22.4. The van der Waals surface area contributed by atoms with Gasteiger partial charge in [0.1, 0.15) is 17.3 Å². The van der Waals surface area contributed by atoms with E-state index in [0.717, 1.165) is 83.9 Å². The number of imidazole rings is 1. The van der Waals surface area contributed by atoms with Gasteiger partial charge in [-0.2, -0.15) is 0 Å². The molecule has 84 heavy (non-hydrogen) atoms. The molecule has 4 aromatic heterocycles. The Hall–Kier alpha value is -9.78. The van der Waals surface area contributed by atoms with Gasteiger partial charge in [0.2, 0.25) is 0 Å². The number of ether oxygens (including phenoxy) is 1. The number of rotatable bonds is 6. The van der Waals surface area contributed by atoms with Crippen molar-refractivity contribution in [2.24, 2.45) is 0 Å². The lowest BCUT2D eigenvalue weighted by Crippen LogP contribution is -2.32. The predicted molar refractivity (Wildman–Crippen MR) is 348 cm³/mol. The summed E-state index contributed by atoms with van der Waals surface area (Å²) >= 11 is 0. The van der Waals surface area contributed by atoms with Crippen molar-refractivity contribution < 1.29 is 9.30 Å². The topological polar surface area (TPSA) is 40.8 Å². The van der Waals surface area contributed by atoms with Crippen molar-refractivity contribution in [3.05, 3.63) is 254 Å². The Bertz CT molecular complexity index is 4920. The van der Waals surface area contributed by atoms with Gasteiger partial charge in [0, 0.05) is 39.5 Å². The van der Waals surface area contributed by atoms with Crippen molar-refractivity contribution in [3.63, 3.8) is 0 Å². The second-order valence-electron chi connectivity index (χ2n) is 25.9. The number of nitrogens with zero attached hydrogens (tertiary/aromatic N) is 5. The van der Waals surface area contributed by atoms with Crippen LogP contribution >= 0.6 is 0 Å². The average Bonchev–Trinajstić information content (AvgIpc) is 2.24. The Balaban J connectivity index is 0.960. The van der Waals surface area contributed by atoms with Crippen molar-refractivity contribution in [1.29, 1.82) is 0 Å². The van der Waals surface area contributed by atoms with Crippen molar-refractivity contribution >= 4 is 54.6 Å². The highest BCUT2D eigenvalue weighted by Gasteiger charge is 2.29. The molecule has 0 atom stereocenters. The fourth-order valence-electron chi connectivity index (χ4n) is 13.0.